The lowest BCUT2D eigenvalue weighted by Crippen LogP contribution is -2.44. The molecule has 1 aromatic heterocycles. The maximum absolute atomic E-state index is 6.29. The fraction of sp³-hybridized carbons (Fsp3) is 0.824. The first-order chi connectivity index (χ1) is 11.1. The summed E-state index contributed by atoms with van der Waals surface area (Å²) in [7, 11) is 2.20. The first-order valence-electron chi connectivity index (χ1n) is 8.59. The molecule has 23 heavy (non-hydrogen) atoms. The molecule has 0 bridgehead atoms. The van der Waals surface area contributed by atoms with Crippen molar-refractivity contribution in [1.29, 1.82) is 0 Å². The van der Waals surface area contributed by atoms with Crippen LogP contribution in [0.1, 0.15) is 25.3 Å². The molecule has 0 aliphatic carbocycles. The van der Waals surface area contributed by atoms with Gasteiger partial charge in [-0.1, -0.05) is 0 Å². The summed E-state index contributed by atoms with van der Waals surface area (Å²) in [5.41, 5.74) is -0.129. The SMILES string of the molecule is CC(C)N(C)C[C@H]1CO[C@]2(COCCN(Cc3nccs3)C2)C1. The Bertz CT molecular complexity index is 482. The minimum absolute atomic E-state index is 0.129. The minimum Gasteiger partial charge on any atom is -0.377 e. The number of nitrogens with zero attached hydrogens (tertiary/aromatic N) is 3. The molecule has 0 radical (unpaired) electrons. The van der Waals surface area contributed by atoms with Gasteiger partial charge < -0.3 is 14.4 Å². The Kier molecular flexibility index (Phi) is 5.69. The lowest BCUT2D eigenvalue weighted by molar-refractivity contribution is -0.0563. The van der Waals surface area contributed by atoms with E-state index in [1.165, 1.54) is 5.01 Å². The average molecular weight is 340 g/mol. The van der Waals surface area contributed by atoms with E-state index in [4.69, 9.17) is 9.47 Å². The predicted octanol–water partition coefficient (Wildman–Crippen LogP) is 2.09. The maximum atomic E-state index is 6.29. The third-order valence-electron chi connectivity index (χ3n) is 4.98. The van der Waals surface area contributed by atoms with Gasteiger partial charge in [0.25, 0.3) is 0 Å². The molecular weight excluding hydrogens is 310 g/mol. The molecular formula is C17H29N3O2S. The monoisotopic (exact) mass is 339 g/mol. The number of hydrogen-bond donors (Lipinski definition) is 0. The van der Waals surface area contributed by atoms with E-state index in [9.17, 15) is 0 Å². The van der Waals surface area contributed by atoms with Crippen molar-refractivity contribution in [2.24, 2.45) is 5.92 Å². The van der Waals surface area contributed by atoms with Gasteiger partial charge in [0.2, 0.25) is 0 Å². The fourth-order valence-electron chi connectivity index (χ4n) is 3.53. The standard InChI is InChI=1S/C17H29N3O2S/c1-14(2)19(3)9-15-8-17(22-11-15)12-20(5-6-21-13-17)10-16-18-4-7-23-16/h4,7,14-15H,5-6,8-13H2,1-3H3/t15-,17+/m0/s1. The highest BCUT2D eigenvalue weighted by atomic mass is 32.1. The summed E-state index contributed by atoms with van der Waals surface area (Å²) >= 11 is 1.73. The minimum atomic E-state index is -0.129. The molecule has 0 N–H and O–H groups in total. The van der Waals surface area contributed by atoms with Gasteiger partial charge in [0.1, 0.15) is 10.6 Å². The molecule has 0 unspecified atom stereocenters. The first kappa shape index (κ1) is 17.3. The number of ether oxygens (including phenoxy) is 2. The second-order valence-corrected chi connectivity index (χ2v) is 8.27. The van der Waals surface area contributed by atoms with Crippen molar-refractivity contribution >= 4 is 11.3 Å². The molecule has 2 saturated heterocycles. The molecule has 130 valence electrons. The van der Waals surface area contributed by atoms with Gasteiger partial charge in [-0.2, -0.15) is 0 Å². The summed E-state index contributed by atoms with van der Waals surface area (Å²) in [4.78, 5) is 9.28. The Balaban J connectivity index is 1.59. The maximum Gasteiger partial charge on any atom is 0.107 e. The topological polar surface area (TPSA) is 37.8 Å². The van der Waals surface area contributed by atoms with Crippen molar-refractivity contribution < 1.29 is 9.47 Å². The second kappa shape index (κ2) is 7.57. The highest BCUT2D eigenvalue weighted by Gasteiger charge is 2.43. The molecule has 0 aromatic carbocycles. The highest BCUT2D eigenvalue weighted by molar-refractivity contribution is 7.09. The predicted molar refractivity (Wildman–Crippen MR) is 92.8 cm³/mol. The van der Waals surface area contributed by atoms with Crippen molar-refractivity contribution in [3.8, 4) is 0 Å². The number of hydrogen-bond acceptors (Lipinski definition) is 6. The van der Waals surface area contributed by atoms with E-state index in [1.54, 1.807) is 11.3 Å². The van der Waals surface area contributed by atoms with Crippen LogP contribution in [0.15, 0.2) is 11.6 Å². The van der Waals surface area contributed by atoms with E-state index in [0.29, 0.717) is 12.0 Å². The van der Waals surface area contributed by atoms with Gasteiger partial charge in [-0.3, -0.25) is 4.90 Å². The van der Waals surface area contributed by atoms with Crippen LogP contribution in [0, 0.1) is 5.92 Å². The Hall–Kier alpha value is -0.530. The van der Waals surface area contributed by atoms with E-state index in [1.807, 2.05) is 11.6 Å². The van der Waals surface area contributed by atoms with Gasteiger partial charge in [0.15, 0.2) is 0 Å². The van der Waals surface area contributed by atoms with Gasteiger partial charge in [0.05, 0.1) is 26.4 Å². The van der Waals surface area contributed by atoms with Crippen LogP contribution < -0.4 is 0 Å². The molecule has 1 aromatic rings. The van der Waals surface area contributed by atoms with Crippen molar-refractivity contribution in [2.75, 3.05) is 46.5 Å². The van der Waals surface area contributed by atoms with Crippen LogP contribution in [0.25, 0.3) is 0 Å². The third-order valence-corrected chi connectivity index (χ3v) is 5.75. The van der Waals surface area contributed by atoms with Gasteiger partial charge in [-0.15, -0.1) is 11.3 Å². The highest BCUT2D eigenvalue weighted by Crippen LogP contribution is 2.33. The summed E-state index contributed by atoms with van der Waals surface area (Å²) in [6.45, 7) is 10.8. The molecule has 2 fully saturated rings. The molecule has 2 aliphatic rings. The molecule has 6 heteroatoms. The zero-order valence-electron chi connectivity index (χ0n) is 14.5. The van der Waals surface area contributed by atoms with Crippen molar-refractivity contribution in [1.82, 2.24) is 14.8 Å². The zero-order valence-corrected chi connectivity index (χ0v) is 15.3. The van der Waals surface area contributed by atoms with Crippen LogP contribution in [0.5, 0.6) is 0 Å². The van der Waals surface area contributed by atoms with Crippen LogP contribution >= 0.6 is 11.3 Å². The molecule has 0 amide bonds. The Morgan fingerprint density at radius 1 is 1.52 bits per heavy atom. The van der Waals surface area contributed by atoms with Gasteiger partial charge >= 0.3 is 0 Å². The largest absolute Gasteiger partial charge is 0.377 e. The van der Waals surface area contributed by atoms with Crippen LogP contribution in [0.4, 0.5) is 0 Å². The summed E-state index contributed by atoms with van der Waals surface area (Å²) in [6.07, 6.45) is 2.98. The molecule has 2 aliphatic heterocycles. The van der Waals surface area contributed by atoms with E-state index in [2.05, 4.69) is 35.7 Å². The van der Waals surface area contributed by atoms with Crippen LogP contribution in [-0.4, -0.2) is 72.9 Å². The van der Waals surface area contributed by atoms with E-state index >= 15 is 0 Å². The Labute approximate surface area is 143 Å². The number of rotatable bonds is 5. The normalized spacial score (nSPS) is 29.7. The number of aromatic nitrogens is 1. The van der Waals surface area contributed by atoms with Gasteiger partial charge in [-0.25, -0.2) is 4.98 Å². The van der Waals surface area contributed by atoms with Crippen LogP contribution in [-0.2, 0) is 16.0 Å². The summed E-state index contributed by atoms with van der Waals surface area (Å²) in [6, 6.07) is 0.582. The second-order valence-electron chi connectivity index (χ2n) is 7.29. The smallest absolute Gasteiger partial charge is 0.107 e. The Morgan fingerprint density at radius 2 is 2.39 bits per heavy atom. The molecule has 2 atom stereocenters. The molecule has 1 spiro atoms. The van der Waals surface area contributed by atoms with Gasteiger partial charge in [0, 0.05) is 37.3 Å². The van der Waals surface area contributed by atoms with Crippen molar-refractivity contribution in [3.63, 3.8) is 0 Å². The van der Waals surface area contributed by atoms with Crippen molar-refractivity contribution in [3.05, 3.63) is 16.6 Å². The first-order valence-corrected chi connectivity index (χ1v) is 9.47. The summed E-state index contributed by atoms with van der Waals surface area (Å²) in [5, 5.41) is 3.22. The van der Waals surface area contributed by atoms with E-state index in [-0.39, 0.29) is 5.60 Å². The van der Waals surface area contributed by atoms with Crippen LogP contribution in [0.2, 0.25) is 0 Å². The molecule has 3 rings (SSSR count). The van der Waals surface area contributed by atoms with E-state index < -0.39 is 0 Å². The third kappa shape index (κ3) is 4.51. The number of thiazole rings is 1. The average Bonchev–Trinajstić information content (AvgIpc) is 3.09. The van der Waals surface area contributed by atoms with Crippen molar-refractivity contribution in [2.45, 2.75) is 38.5 Å². The molecule has 5 nitrogen and oxygen atoms in total. The lowest BCUT2D eigenvalue weighted by Gasteiger charge is -2.31. The Morgan fingerprint density at radius 3 is 3.13 bits per heavy atom. The van der Waals surface area contributed by atoms with Gasteiger partial charge in [-0.05, 0) is 33.2 Å². The lowest BCUT2D eigenvalue weighted by atomic mass is 9.93. The zero-order chi connectivity index (χ0) is 16.3. The molecule has 0 saturated carbocycles. The molecule has 3 heterocycles. The van der Waals surface area contributed by atoms with E-state index in [0.717, 1.165) is 52.4 Å². The fourth-order valence-corrected chi connectivity index (χ4v) is 4.18. The summed E-state index contributed by atoms with van der Waals surface area (Å²) in [5.74, 6) is 0.603. The summed E-state index contributed by atoms with van der Waals surface area (Å²) < 4.78 is 12.2. The van der Waals surface area contributed by atoms with Crippen LogP contribution in [0.3, 0.4) is 0 Å². The quantitative estimate of drug-likeness (QED) is 0.821.